The van der Waals surface area contributed by atoms with E-state index in [9.17, 15) is 9.59 Å². The fourth-order valence-corrected chi connectivity index (χ4v) is 3.88. The van der Waals surface area contributed by atoms with Crippen molar-refractivity contribution >= 4 is 17.8 Å². The van der Waals surface area contributed by atoms with Gasteiger partial charge in [0.1, 0.15) is 6.04 Å². The van der Waals surface area contributed by atoms with E-state index in [2.05, 4.69) is 25.6 Å². The summed E-state index contributed by atoms with van der Waals surface area (Å²) in [6.07, 6.45) is 1.69. The number of amides is 2. The first-order valence-corrected chi connectivity index (χ1v) is 11.2. The van der Waals surface area contributed by atoms with Gasteiger partial charge in [0.15, 0.2) is 11.5 Å². The van der Waals surface area contributed by atoms with Crippen LogP contribution in [0.5, 0.6) is 23.5 Å². The number of aromatic nitrogens is 3. The van der Waals surface area contributed by atoms with Gasteiger partial charge in [-0.2, -0.15) is 9.97 Å². The zero-order chi connectivity index (χ0) is 25.4. The average Bonchev–Trinajstić information content (AvgIpc) is 2.87. The molecule has 2 aromatic rings. The number of carbonyl (C=O) groups excluding carboxylic acids is 2. The van der Waals surface area contributed by atoms with Gasteiger partial charge in [-0.05, 0) is 30.5 Å². The van der Waals surface area contributed by atoms with E-state index in [0.717, 1.165) is 5.56 Å². The predicted octanol–water partition coefficient (Wildman–Crippen LogP) is 0.738. The Morgan fingerprint density at radius 3 is 2.14 bits per heavy atom. The van der Waals surface area contributed by atoms with E-state index >= 15 is 0 Å². The van der Waals surface area contributed by atoms with Crippen molar-refractivity contribution in [2.45, 2.75) is 38.3 Å². The Balaban J connectivity index is 1.62. The molecule has 2 N–H and O–H groups in total. The zero-order valence-corrected chi connectivity index (χ0v) is 20.7. The summed E-state index contributed by atoms with van der Waals surface area (Å²) >= 11 is 0. The van der Waals surface area contributed by atoms with E-state index in [1.807, 2.05) is 11.0 Å². The minimum atomic E-state index is -0.722. The molecule has 12 heteroatoms. The van der Waals surface area contributed by atoms with Crippen LogP contribution < -0.4 is 34.5 Å². The number of nitrogens with one attached hydrogen (secondary N) is 2. The number of methoxy groups -OCH3 is 4. The second kappa shape index (κ2) is 12.0. The lowest BCUT2D eigenvalue weighted by Gasteiger charge is -2.33. The summed E-state index contributed by atoms with van der Waals surface area (Å²) in [5, 5.41) is 5.83. The number of hydrogen-bond donors (Lipinski definition) is 2. The molecule has 0 bridgehead atoms. The maximum Gasteiger partial charge on any atom is 0.324 e. The molecule has 1 aliphatic rings. The highest BCUT2D eigenvalue weighted by Crippen LogP contribution is 2.28. The highest BCUT2D eigenvalue weighted by molar-refractivity contribution is 5.87. The van der Waals surface area contributed by atoms with Gasteiger partial charge in [0.2, 0.25) is 17.8 Å². The first-order chi connectivity index (χ1) is 16.9. The van der Waals surface area contributed by atoms with Gasteiger partial charge in [-0.3, -0.25) is 9.59 Å². The third-order valence-electron chi connectivity index (χ3n) is 5.65. The number of hydrogen-bond acceptors (Lipinski definition) is 10. The van der Waals surface area contributed by atoms with Crippen molar-refractivity contribution < 1.29 is 28.5 Å². The molecule has 2 heterocycles. The van der Waals surface area contributed by atoms with E-state index in [4.69, 9.17) is 18.9 Å². The predicted molar refractivity (Wildman–Crippen MR) is 127 cm³/mol. The van der Waals surface area contributed by atoms with Crippen LogP contribution in [-0.2, 0) is 16.0 Å². The molecule has 1 saturated heterocycles. The average molecular weight is 489 g/mol. The molecule has 190 valence electrons. The van der Waals surface area contributed by atoms with Crippen molar-refractivity contribution in [2.24, 2.45) is 0 Å². The van der Waals surface area contributed by atoms with E-state index in [0.29, 0.717) is 49.8 Å². The van der Waals surface area contributed by atoms with Crippen LogP contribution in [-0.4, -0.2) is 80.4 Å². The van der Waals surface area contributed by atoms with Crippen molar-refractivity contribution in [1.29, 1.82) is 0 Å². The highest BCUT2D eigenvalue weighted by atomic mass is 16.5. The van der Waals surface area contributed by atoms with Gasteiger partial charge in [0.25, 0.3) is 0 Å². The lowest BCUT2D eigenvalue weighted by molar-refractivity contribution is -0.128. The maximum atomic E-state index is 13.1. The Hall–Kier alpha value is -3.83. The van der Waals surface area contributed by atoms with Crippen LogP contribution in [0, 0.1) is 0 Å². The van der Waals surface area contributed by atoms with E-state index in [1.165, 1.54) is 21.1 Å². The fourth-order valence-electron chi connectivity index (χ4n) is 3.88. The van der Waals surface area contributed by atoms with Crippen LogP contribution in [0.3, 0.4) is 0 Å². The number of carbonyl (C=O) groups is 2. The van der Waals surface area contributed by atoms with Crippen LogP contribution in [0.4, 0.5) is 5.95 Å². The second-order valence-corrected chi connectivity index (χ2v) is 8.03. The Kier molecular flexibility index (Phi) is 8.87. The monoisotopic (exact) mass is 488 g/mol. The third-order valence-corrected chi connectivity index (χ3v) is 5.65. The summed E-state index contributed by atoms with van der Waals surface area (Å²) in [6.45, 7) is 2.65. The van der Waals surface area contributed by atoms with Gasteiger partial charge in [-0.1, -0.05) is 6.07 Å². The van der Waals surface area contributed by atoms with Gasteiger partial charge >= 0.3 is 12.0 Å². The van der Waals surface area contributed by atoms with Gasteiger partial charge in [-0.15, -0.1) is 4.98 Å². The first kappa shape index (κ1) is 25.8. The molecule has 1 atom stereocenters. The smallest absolute Gasteiger partial charge is 0.324 e. The van der Waals surface area contributed by atoms with Crippen molar-refractivity contribution in [1.82, 2.24) is 25.6 Å². The molecule has 0 spiro atoms. The lowest BCUT2D eigenvalue weighted by atomic mass is 10.0. The normalized spacial score (nSPS) is 14.6. The first-order valence-electron chi connectivity index (χ1n) is 11.2. The minimum Gasteiger partial charge on any atom is -0.493 e. The lowest BCUT2D eigenvalue weighted by Crippen LogP contribution is -2.52. The Morgan fingerprint density at radius 2 is 1.60 bits per heavy atom. The minimum absolute atomic E-state index is 0.0500. The Morgan fingerprint density at radius 1 is 0.971 bits per heavy atom. The molecule has 2 amide bonds. The van der Waals surface area contributed by atoms with Crippen LogP contribution >= 0.6 is 0 Å². The summed E-state index contributed by atoms with van der Waals surface area (Å²) in [6, 6.07) is 5.01. The van der Waals surface area contributed by atoms with Gasteiger partial charge in [0.05, 0.1) is 28.4 Å². The number of ether oxygens (including phenoxy) is 4. The summed E-state index contributed by atoms with van der Waals surface area (Å²) in [5.41, 5.74) is 0.837. The standard InChI is InChI=1S/C23H32N6O6/c1-14(30)24-17(12-15-6-7-18(32-2)19(13-15)33-3)20(31)25-16-8-10-29(11-9-16)21-26-22(34-4)28-23(27-21)35-5/h6-7,13,16-17H,8-12H2,1-5H3,(H,24,30)(H,25,31). The highest BCUT2D eigenvalue weighted by Gasteiger charge is 2.27. The maximum absolute atomic E-state index is 13.1. The molecule has 1 aromatic carbocycles. The molecule has 1 aliphatic heterocycles. The van der Waals surface area contributed by atoms with Crippen LogP contribution in [0.2, 0.25) is 0 Å². The van der Waals surface area contributed by atoms with Crippen LogP contribution in [0.15, 0.2) is 18.2 Å². The summed E-state index contributed by atoms with van der Waals surface area (Å²) < 4.78 is 20.9. The topological polar surface area (TPSA) is 137 Å². The molecule has 0 aliphatic carbocycles. The molecule has 0 radical (unpaired) electrons. The molecule has 0 saturated carbocycles. The molecule has 1 unspecified atom stereocenters. The fraction of sp³-hybridized carbons (Fsp3) is 0.522. The third kappa shape index (κ3) is 6.84. The van der Waals surface area contributed by atoms with Gasteiger partial charge in [-0.25, -0.2) is 0 Å². The van der Waals surface area contributed by atoms with Gasteiger partial charge in [0, 0.05) is 32.5 Å². The number of rotatable bonds is 10. The molecule has 3 rings (SSSR count). The van der Waals surface area contributed by atoms with Crippen LogP contribution in [0.1, 0.15) is 25.3 Å². The number of anilines is 1. The molecule has 35 heavy (non-hydrogen) atoms. The van der Waals surface area contributed by atoms with E-state index in [1.54, 1.807) is 26.4 Å². The SMILES string of the molecule is COc1nc(OC)nc(N2CCC(NC(=O)C(Cc3ccc(OC)c(OC)c3)NC(C)=O)CC2)n1. The summed E-state index contributed by atoms with van der Waals surface area (Å²) in [5.74, 6) is 1.10. The van der Waals surface area contributed by atoms with Crippen molar-refractivity contribution in [2.75, 3.05) is 46.4 Å². The van der Waals surface area contributed by atoms with E-state index in [-0.39, 0.29) is 29.9 Å². The van der Waals surface area contributed by atoms with E-state index < -0.39 is 6.04 Å². The van der Waals surface area contributed by atoms with Gasteiger partial charge < -0.3 is 34.5 Å². The Bertz CT molecular complexity index is 1010. The van der Waals surface area contributed by atoms with Crippen molar-refractivity contribution in [3.63, 3.8) is 0 Å². The molecular weight excluding hydrogens is 456 g/mol. The molecular formula is C23H32N6O6. The largest absolute Gasteiger partial charge is 0.493 e. The Labute approximate surface area is 204 Å². The molecule has 1 fully saturated rings. The zero-order valence-electron chi connectivity index (χ0n) is 20.7. The number of nitrogens with zero attached hydrogens (tertiary/aromatic N) is 4. The number of benzene rings is 1. The molecule has 12 nitrogen and oxygen atoms in total. The number of piperidine rings is 1. The summed E-state index contributed by atoms with van der Waals surface area (Å²) in [7, 11) is 6.07. The summed E-state index contributed by atoms with van der Waals surface area (Å²) in [4.78, 5) is 39.5. The molecule has 1 aromatic heterocycles. The van der Waals surface area contributed by atoms with Crippen molar-refractivity contribution in [3.05, 3.63) is 23.8 Å². The van der Waals surface area contributed by atoms with Crippen LogP contribution in [0.25, 0.3) is 0 Å². The van der Waals surface area contributed by atoms with Crippen molar-refractivity contribution in [3.8, 4) is 23.5 Å². The second-order valence-electron chi connectivity index (χ2n) is 8.03. The quantitative estimate of drug-likeness (QED) is 0.493.